The number of allylic oxidation sites excluding steroid dienone is 2. The summed E-state index contributed by atoms with van der Waals surface area (Å²) in [6.45, 7) is 3.58. The normalized spacial score (nSPS) is 22.5. The average molecular weight is 449 g/mol. The van der Waals surface area contributed by atoms with Crippen molar-refractivity contribution in [3.8, 4) is 5.69 Å². The van der Waals surface area contributed by atoms with Gasteiger partial charge in [-0.25, -0.2) is 4.68 Å². The highest BCUT2D eigenvalue weighted by Gasteiger charge is 2.43. The summed E-state index contributed by atoms with van der Waals surface area (Å²) in [5.74, 6) is -0.816. The largest absolute Gasteiger partial charge is 0.380 e. The molecule has 3 atom stereocenters. The second-order valence-electron chi connectivity index (χ2n) is 8.72. The van der Waals surface area contributed by atoms with Crippen LogP contribution in [0, 0.1) is 0 Å². The maximum absolute atomic E-state index is 13.2. The Morgan fingerprint density at radius 2 is 1.85 bits per heavy atom. The number of nitrogens with zero attached hydrogens (tertiary/aromatic N) is 4. The summed E-state index contributed by atoms with van der Waals surface area (Å²) < 4.78 is 7.38. The molecule has 0 saturated carbocycles. The van der Waals surface area contributed by atoms with E-state index in [2.05, 4.69) is 17.3 Å². The molecular weight excluding hydrogens is 420 g/mol. The van der Waals surface area contributed by atoms with Crippen LogP contribution in [-0.2, 0) is 14.3 Å². The van der Waals surface area contributed by atoms with Gasteiger partial charge in [-0.3, -0.25) is 9.59 Å². The maximum atomic E-state index is 13.2. The average Bonchev–Trinajstić information content (AvgIpc) is 3.53. The van der Waals surface area contributed by atoms with Crippen LogP contribution in [0.5, 0.6) is 0 Å². The fourth-order valence-corrected chi connectivity index (χ4v) is 4.79. The van der Waals surface area contributed by atoms with Crippen LogP contribution in [-0.4, -0.2) is 75.0 Å². The molecule has 1 N–H and O–H groups in total. The summed E-state index contributed by atoms with van der Waals surface area (Å²) in [6.07, 6.45) is 7.14. The Morgan fingerprint density at radius 3 is 2.48 bits per heavy atom. The van der Waals surface area contributed by atoms with Crippen molar-refractivity contribution in [1.82, 2.24) is 19.6 Å². The van der Waals surface area contributed by atoms with Gasteiger partial charge in [0.2, 0.25) is 0 Å². The maximum Gasteiger partial charge on any atom is 0.255 e. The molecule has 2 saturated heterocycles. The number of aromatic nitrogens is 2. The fraction of sp³-hybridized carbons (Fsp3) is 0.400. The number of morpholine rings is 1. The van der Waals surface area contributed by atoms with E-state index in [1.807, 2.05) is 43.5 Å². The van der Waals surface area contributed by atoms with Crippen LogP contribution in [0.25, 0.3) is 5.69 Å². The van der Waals surface area contributed by atoms with Gasteiger partial charge in [-0.05, 0) is 54.7 Å². The molecule has 1 aromatic carbocycles. The number of hydrogen-bond donors (Lipinski definition) is 1. The summed E-state index contributed by atoms with van der Waals surface area (Å²) >= 11 is 0. The molecule has 1 aromatic heterocycles. The number of ether oxygens (including phenoxy) is 1. The lowest BCUT2D eigenvalue weighted by molar-refractivity contribution is -0.173. The van der Waals surface area contributed by atoms with Gasteiger partial charge < -0.3 is 19.6 Å². The number of benzene rings is 1. The van der Waals surface area contributed by atoms with Crippen LogP contribution in [0.3, 0.4) is 0 Å². The smallest absolute Gasteiger partial charge is 0.255 e. The molecule has 2 amide bonds. The van der Waals surface area contributed by atoms with Crippen LogP contribution in [0.1, 0.15) is 31.4 Å². The van der Waals surface area contributed by atoms with E-state index < -0.39 is 18.1 Å². The van der Waals surface area contributed by atoms with E-state index in [-0.39, 0.29) is 18.6 Å². The summed E-state index contributed by atoms with van der Waals surface area (Å²) in [4.78, 5) is 29.5. The number of rotatable bonds is 5. The summed E-state index contributed by atoms with van der Waals surface area (Å²) in [5, 5.41) is 15.0. The highest BCUT2D eigenvalue weighted by Crippen LogP contribution is 2.29. The number of aliphatic hydroxyl groups is 1. The van der Waals surface area contributed by atoms with Gasteiger partial charge in [-0.1, -0.05) is 24.3 Å². The minimum absolute atomic E-state index is 0.220. The third kappa shape index (κ3) is 4.12. The molecule has 0 radical (unpaired) electrons. The first kappa shape index (κ1) is 21.6. The lowest BCUT2D eigenvalue weighted by Crippen LogP contribution is -2.56. The van der Waals surface area contributed by atoms with Gasteiger partial charge in [-0.2, -0.15) is 5.10 Å². The van der Waals surface area contributed by atoms with Crippen LogP contribution in [0.15, 0.2) is 66.0 Å². The minimum atomic E-state index is -1.52. The minimum Gasteiger partial charge on any atom is -0.380 e. The Labute approximate surface area is 192 Å². The van der Waals surface area contributed by atoms with Crippen molar-refractivity contribution in [3.63, 3.8) is 0 Å². The zero-order valence-corrected chi connectivity index (χ0v) is 18.6. The third-order valence-electron chi connectivity index (χ3n) is 6.70. The molecule has 1 unspecified atom stereocenters. The van der Waals surface area contributed by atoms with E-state index in [4.69, 9.17) is 4.74 Å². The topological polar surface area (TPSA) is 87.9 Å². The molecule has 172 valence electrons. The van der Waals surface area contributed by atoms with Crippen molar-refractivity contribution >= 4 is 11.8 Å². The number of likely N-dealkylation sites (tertiary alicyclic amines) is 1. The molecule has 33 heavy (non-hydrogen) atoms. The molecule has 8 heteroatoms. The Bertz CT molecular complexity index is 1070. The van der Waals surface area contributed by atoms with Gasteiger partial charge in [0.15, 0.2) is 12.2 Å². The SMILES string of the molecule is C[C@H](c1ccc(-n2cccn2)cc1)N1CCO[C@H](C(O)C(=O)N2CC3=CCCC=C3C2)C1=O. The zero-order chi connectivity index (χ0) is 22.9. The van der Waals surface area contributed by atoms with Crippen molar-refractivity contribution in [3.05, 3.63) is 71.6 Å². The number of aliphatic hydroxyl groups excluding tert-OH is 1. The molecule has 0 bridgehead atoms. The van der Waals surface area contributed by atoms with Gasteiger partial charge in [0.05, 0.1) is 18.3 Å². The number of carbonyl (C=O) groups is 2. The Hall–Kier alpha value is -3.23. The van der Waals surface area contributed by atoms with Crippen molar-refractivity contribution in [1.29, 1.82) is 0 Å². The molecular formula is C25H28N4O4. The van der Waals surface area contributed by atoms with E-state index in [1.165, 1.54) is 0 Å². The monoisotopic (exact) mass is 448 g/mol. The van der Waals surface area contributed by atoms with Crippen LogP contribution in [0.4, 0.5) is 0 Å². The van der Waals surface area contributed by atoms with Crippen LogP contribution >= 0.6 is 0 Å². The van der Waals surface area contributed by atoms with Crippen molar-refractivity contribution < 1.29 is 19.4 Å². The number of carbonyl (C=O) groups excluding carboxylic acids is 2. The molecule has 2 aromatic rings. The molecule has 3 heterocycles. The lowest BCUT2D eigenvalue weighted by Gasteiger charge is -2.38. The molecule has 1 aliphatic carbocycles. The first-order chi connectivity index (χ1) is 16.0. The van der Waals surface area contributed by atoms with Gasteiger partial charge in [0.25, 0.3) is 11.8 Å². The van der Waals surface area contributed by atoms with E-state index in [9.17, 15) is 14.7 Å². The van der Waals surface area contributed by atoms with Crippen LogP contribution in [0.2, 0.25) is 0 Å². The van der Waals surface area contributed by atoms with Crippen molar-refractivity contribution in [2.24, 2.45) is 0 Å². The molecule has 8 nitrogen and oxygen atoms in total. The van der Waals surface area contributed by atoms with Gasteiger partial charge in [0, 0.05) is 32.0 Å². The summed E-state index contributed by atoms with van der Waals surface area (Å²) in [7, 11) is 0. The van der Waals surface area contributed by atoms with Crippen molar-refractivity contribution in [2.45, 2.75) is 38.0 Å². The van der Waals surface area contributed by atoms with Gasteiger partial charge in [0.1, 0.15) is 0 Å². The molecule has 3 aliphatic rings. The zero-order valence-electron chi connectivity index (χ0n) is 18.6. The highest BCUT2D eigenvalue weighted by atomic mass is 16.5. The summed E-state index contributed by atoms with van der Waals surface area (Å²) in [5.41, 5.74) is 4.18. The Morgan fingerprint density at radius 1 is 1.15 bits per heavy atom. The second kappa shape index (κ2) is 8.96. The van der Waals surface area contributed by atoms with Gasteiger partial charge in [-0.15, -0.1) is 0 Å². The fourth-order valence-electron chi connectivity index (χ4n) is 4.79. The lowest BCUT2D eigenvalue weighted by atomic mass is 10.0. The molecule has 5 rings (SSSR count). The molecule has 2 fully saturated rings. The van der Waals surface area contributed by atoms with Crippen molar-refractivity contribution in [2.75, 3.05) is 26.2 Å². The van der Waals surface area contributed by atoms with E-state index in [0.29, 0.717) is 19.6 Å². The third-order valence-corrected chi connectivity index (χ3v) is 6.70. The first-order valence-electron chi connectivity index (χ1n) is 11.4. The number of fused-ring (bicyclic) bond motifs is 1. The number of amides is 2. The predicted octanol–water partition coefficient (Wildman–Crippen LogP) is 2.01. The number of hydrogen-bond acceptors (Lipinski definition) is 5. The Kier molecular flexibility index (Phi) is 5.86. The van der Waals surface area contributed by atoms with E-state index in [1.54, 1.807) is 20.7 Å². The standard InChI is InChI=1S/C25H28N4O4/c1-17(18-7-9-21(10-8-18)29-12-4-11-26-29)28-13-14-33-23(25(28)32)22(30)24(31)27-15-19-5-2-3-6-20(19)16-27/h4-12,17,22-23,30H,2-3,13-16H2,1H3/t17-,22?,23-/m1/s1. The first-order valence-corrected chi connectivity index (χ1v) is 11.4. The van der Waals surface area contributed by atoms with E-state index >= 15 is 0 Å². The quantitative estimate of drug-likeness (QED) is 0.756. The summed E-state index contributed by atoms with van der Waals surface area (Å²) in [6, 6.07) is 9.48. The van der Waals surface area contributed by atoms with E-state index in [0.717, 1.165) is 35.2 Å². The highest BCUT2D eigenvalue weighted by molar-refractivity contribution is 5.92. The second-order valence-corrected chi connectivity index (χ2v) is 8.72. The molecule has 0 spiro atoms. The van der Waals surface area contributed by atoms with Crippen LogP contribution < -0.4 is 0 Å². The predicted molar refractivity (Wildman–Crippen MR) is 121 cm³/mol. The molecule has 2 aliphatic heterocycles. The Balaban J connectivity index is 1.27. The van der Waals surface area contributed by atoms with Gasteiger partial charge >= 0.3 is 0 Å².